The normalized spacial score (nSPS) is 23.5. The molecule has 118 valence electrons. The number of hydrogen-bond acceptors (Lipinski definition) is 4. The number of fused-ring (bicyclic) bond motifs is 1. The van der Waals surface area contributed by atoms with Crippen molar-refractivity contribution in [3.8, 4) is 0 Å². The van der Waals surface area contributed by atoms with Gasteiger partial charge in [-0.2, -0.15) is 5.10 Å². The van der Waals surface area contributed by atoms with Crippen molar-refractivity contribution in [3.05, 3.63) is 17.5 Å². The molecule has 3 rings (SSSR count). The second kappa shape index (κ2) is 6.90. The van der Waals surface area contributed by atoms with Crippen molar-refractivity contribution < 1.29 is 14.2 Å². The summed E-state index contributed by atoms with van der Waals surface area (Å²) in [6.45, 7) is 8.23. The SMILES string of the molecule is CC(C)OCC1OCCc2cn(CC3CCOCC3)nc21. The molecule has 21 heavy (non-hydrogen) atoms. The standard InChI is InChI=1S/C16H26N2O3/c1-12(2)21-11-15-16-14(5-8-20-15)10-18(17-16)9-13-3-6-19-7-4-13/h10,12-13,15H,3-9,11H2,1-2H3. The molecule has 1 unspecified atom stereocenters. The zero-order valence-corrected chi connectivity index (χ0v) is 13.1. The molecule has 1 saturated heterocycles. The Morgan fingerprint density at radius 3 is 2.90 bits per heavy atom. The molecular formula is C16H26N2O3. The van der Waals surface area contributed by atoms with Crippen LogP contribution in [0.4, 0.5) is 0 Å². The summed E-state index contributed by atoms with van der Waals surface area (Å²) in [7, 11) is 0. The van der Waals surface area contributed by atoms with Crippen LogP contribution >= 0.6 is 0 Å². The van der Waals surface area contributed by atoms with Gasteiger partial charge in [0, 0.05) is 26.0 Å². The van der Waals surface area contributed by atoms with Crippen molar-refractivity contribution in [1.29, 1.82) is 0 Å². The third kappa shape index (κ3) is 3.84. The predicted octanol–water partition coefficient (Wildman–Crippen LogP) is 2.35. The Morgan fingerprint density at radius 1 is 1.33 bits per heavy atom. The summed E-state index contributed by atoms with van der Waals surface area (Å²) in [6, 6.07) is 0. The maximum atomic E-state index is 5.84. The molecule has 0 saturated carbocycles. The highest BCUT2D eigenvalue weighted by molar-refractivity contribution is 5.22. The Kier molecular flexibility index (Phi) is 4.93. The van der Waals surface area contributed by atoms with Crippen LogP contribution in [-0.2, 0) is 27.2 Å². The first-order valence-electron chi connectivity index (χ1n) is 8.09. The van der Waals surface area contributed by atoms with Crippen molar-refractivity contribution in [2.75, 3.05) is 26.4 Å². The molecule has 1 aromatic rings. The Hall–Kier alpha value is -0.910. The molecule has 3 heterocycles. The Balaban J connectivity index is 1.65. The predicted molar refractivity (Wildman–Crippen MR) is 79.3 cm³/mol. The van der Waals surface area contributed by atoms with E-state index in [1.165, 1.54) is 5.56 Å². The molecule has 1 fully saturated rings. The van der Waals surface area contributed by atoms with E-state index in [2.05, 4.69) is 10.9 Å². The van der Waals surface area contributed by atoms with E-state index in [0.29, 0.717) is 12.5 Å². The molecular weight excluding hydrogens is 268 g/mol. The lowest BCUT2D eigenvalue weighted by atomic mass is 10.0. The number of ether oxygens (including phenoxy) is 3. The van der Waals surface area contributed by atoms with E-state index < -0.39 is 0 Å². The van der Waals surface area contributed by atoms with E-state index in [4.69, 9.17) is 19.3 Å². The number of aromatic nitrogens is 2. The van der Waals surface area contributed by atoms with E-state index >= 15 is 0 Å². The van der Waals surface area contributed by atoms with Crippen LogP contribution in [0.1, 0.15) is 44.1 Å². The molecule has 2 aliphatic heterocycles. The lowest BCUT2D eigenvalue weighted by molar-refractivity contribution is -0.0444. The van der Waals surface area contributed by atoms with E-state index in [-0.39, 0.29) is 12.2 Å². The molecule has 2 aliphatic rings. The maximum Gasteiger partial charge on any atom is 0.125 e. The number of rotatable bonds is 5. The average molecular weight is 294 g/mol. The summed E-state index contributed by atoms with van der Waals surface area (Å²) in [6.07, 6.45) is 5.66. The van der Waals surface area contributed by atoms with Crippen molar-refractivity contribution in [1.82, 2.24) is 9.78 Å². The van der Waals surface area contributed by atoms with Gasteiger partial charge < -0.3 is 14.2 Å². The second-order valence-electron chi connectivity index (χ2n) is 6.31. The molecule has 0 spiro atoms. The molecule has 1 aromatic heterocycles. The van der Waals surface area contributed by atoms with Crippen LogP contribution in [0, 0.1) is 5.92 Å². The van der Waals surface area contributed by atoms with Gasteiger partial charge in [-0.3, -0.25) is 4.68 Å². The summed E-state index contributed by atoms with van der Waals surface area (Å²) in [4.78, 5) is 0. The van der Waals surface area contributed by atoms with Crippen molar-refractivity contribution in [2.45, 2.75) is 51.9 Å². The zero-order chi connectivity index (χ0) is 14.7. The van der Waals surface area contributed by atoms with E-state index in [1.807, 2.05) is 13.8 Å². The minimum Gasteiger partial charge on any atom is -0.381 e. The van der Waals surface area contributed by atoms with Gasteiger partial charge in [0.15, 0.2) is 0 Å². The topological polar surface area (TPSA) is 45.5 Å². The Bertz CT molecular complexity index is 452. The van der Waals surface area contributed by atoms with Crippen LogP contribution < -0.4 is 0 Å². The van der Waals surface area contributed by atoms with Crippen LogP contribution in [0.15, 0.2) is 6.20 Å². The highest BCUT2D eigenvalue weighted by Crippen LogP contribution is 2.27. The van der Waals surface area contributed by atoms with Gasteiger partial charge in [-0.1, -0.05) is 0 Å². The van der Waals surface area contributed by atoms with Gasteiger partial charge in [0.1, 0.15) is 6.10 Å². The molecule has 0 aromatic carbocycles. The molecule has 0 amide bonds. The van der Waals surface area contributed by atoms with Gasteiger partial charge in [-0.15, -0.1) is 0 Å². The fraction of sp³-hybridized carbons (Fsp3) is 0.812. The summed E-state index contributed by atoms with van der Waals surface area (Å²) in [5.41, 5.74) is 2.40. The van der Waals surface area contributed by atoms with Crippen LogP contribution in [0.25, 0.3) is 0 Å². The van der Waals surface area contributed by atoms with Gasteiger partial charge in [-0.05, 0) is 44.6 Å². The van der Waals surface area contributed by atoms with Gasteiger partial charge >= 0.3 is 0 Å². The summed E-state index contributed by atoms with van der Waals surface area (Å²) >= 11 is 0. The van der Waals surface area contributed by atoms with Crippen LogP contribution in [0.3, 0.4) is 0 Å². The van der Waals surface area contributed by atoms with Crippen LogP contribution in [-0.4, -0.2) is 42.3 Å². The summed E-state index contributed by atoms with van der Waals surface area (Å²) in [5.74, 6) is 0.686. The minimum absolute atomic E-state index is 0.00732. The monoisotopic (exact) mass is 294 g/mol. The molecule has 0 bridgehead atoms. The fourth-order valence-corrected chi connectivity index (χ4v) is 3.03. The Morgan fingerprint density at radius 2 is 2.14 bits per heavy atom. The number of hydrogen-bond donors (Lipinski definition) is 0. The largest absolute Gasteiger partial charge is 0.381 e. The Labute approximate surface area is 126 Å². The lowest BCUT2D eigenvalue weighted by Crippen LogP contribution is -2.22. The van der Waals surface area contributed by atoms with E-state index in [1.54, 1.807) is 0 Å². The van der Waals surface area contributed by atoms with Crippen molar-refractivity contribution in [2.24, 2.45) is 5.92 Å². The highest BCUT2D eigenvalue weighted by Gasteiger charge is 2.26. The highest BCUT2D eigenvalue weighted by atomic mass is 16.5. The van der Waals surface area contributed by atoms with Crippen molar-refractivity contribution >= 4 is 0 Å². The second-order valence-corrected chi connectivity index (χ2v) is 6.31. The smallest absolute Gasteiger partial charge is 0.125 e. The van der Waals surface area contributed by atoms with Crippen LogP contribution in [0.2, 0.25) is 0 Å². The molecule has 1 atom stereocenters. The third-order valence-corrected chi connectivity index (χ3v) is 4.23. The minimum atomic E-state index is -0.00732. The summed E-state index contributed by atoms with van der Waals surface area (Å²) in [5, 5.41) is 4.78. The molecule has 5 heteroatoms. The maximum absolute atomic E-state index is 5.84. The average Bonchev–Trinajstić information content (AvgIpc) is 2.89. The van der Waals surface area contributed by atoms with Gasteiger partial charge in [0.05, 0.1) is 25.0 Å². The molecule has 5 nitrogen and oxygen atoms in total. The van der Waals surface area contributed by atoms with Gasteiger partial charge in [0.25, 0.3) is 0 Å². The van der Waals surface area contributed by atoms with Crippen LogP contribution in [0.5, 0.6) is 0 Å². The first-order chi connectivity index (χ1) is 10.2. The third-order valence-electron chi connectivity index (χ3n) is 4.23. The first-order valence-corrected chi connectivity index (χ1v) is 8.09. The lowest BCUT2D eigenvalue weighted by Gasteiger charge is -2.23. The summed E-state index contributed by atoms with van der Waals surface area (Å²) < 4.78 is 19.1. The van der Waals surface area contributed by atoms with Crippen molar-refractivity contribution in [3.63, 3.8) is 0 Å². The molecule has 0 N–H and O–H groups in total. The quantitative estimate of drug-likeness (QED) is 0.836. The van der Waals surface area contributed by atoms with Gasteiger partial charge in [0.2, 0.25) is 0 Å². The first kappa shape index (κ1) is 15.0. The zero-order valence-electron chi connectivity index (χ0n) is 13.1. The van der Waals surface area contributed by atoms with E-state index in [0.717, 1.165) is 51.3 Å². The number of nitrogens with zero attached hydrogens (tertiary/aromatic N) is 2. The van der Waals surface area contributed by atoms with E-state index in [9.17, 15) is 0 Å². The molecule has 0 radical (unpaired) electrons. The fourth-order valence-electron chi connectivity index (χ4n) is 3.03. The molecule has 0 aliphatic carbocycles. The van der Waals surface area contributed by atoms with Gasteiger partial charge in [-0.25, -0.2) is 0 Å².